The average Bonchev–Trinajstić information content (AvgIpc) is 2.94. The average molecular weight is 308 g/mol. The number of benzene rings is 1. The summed E-state index contributed by atoms with van der Waals surface area (Å²) < 4.78 is 5.42. The highest BCUT2D eigenvalue weighted by Gasteiger charge is 2.15. The third-order valence-corrected chi connectivity index (χ3v) is 3.45. The molecule has 0 aliphatic rings. The first-order chi connectivity index (χ1) is 11.1. The fraction of sp³-hybridized carbons (Fsp3) is 0. The van der Waals surface area contributed by atoms with Gasteiger partial charge in [0.1, 0.15) is 11.3 Å². The third kappa shape index (κ3) is 2.04. The third-order valence-electron chi connectivity index (χ3n) is 3.45. The molecule has 0 spiro atoms. The summed E-state index contributed by atoms with van der Waals surface area (Å²) in [6.45, 7) is 0. The standard InChI is InChI=1S/C15H8N4O4/c20-14-12-11(10-2-1-7-16-15(10)23-12)17-13(18-14)8-3-5-9(6-4-8)19(21)22/h1-7H,(H,17,18,20). The minimum absolute atomic E-state index is 0.0323. The topological polar surface area (TPSA) is 115 Å². The molecule has 1 aromatic carbocycles. The molecule has 0 aliphatic carbocycles. The van der Waals surface area contributed by atoms with Gasteiger partial charge in [-0.15, -0.1) is 0 Å². The van der Waals surface area contributed by atoms with Crippen molar-refractivity contribution in [2.45, 2.75) is 0 Å². The number of aromatic amines is 1. The van der Waals surface area contributed by atoms with Crippen molar-refractivity contribution in [2.24, 2.45) is 0 Å². The van der Waals surface area contributed by atoms with Gasteiger partial charge in [-0.1, -0.05) is 0 Å². The fourth-order valence-electron chi connectivity index (χ4n) is 2.37. The van der Waals surface area contributed by atoms with E-state index in [9.17, 15) is 14.9 Å². The monoisotopic (exact) mass is 308 g/mol. The van der Waals surface area contributed by atoms with Crippen LogP contribution in [-0.2, 0) is 0 Å². The van der Waals surface area contributed by atoms with Crippen molar-refractivity contribution in [3.63, 3.8) is 0 Å². The van der Waals surface area contributed by atoms with Crippen molar-refractivity contribution < 1.29 is 9.34 Å². The summed E-state index contributed by atoms with van der Waals surface area (Å²) in [6, 6.07) is 9.26. The summed E-state index contributed by atoms with van der Waals surface area (Å²) in [5, 5.41) is 11.3. The second-order valence-electron chi connectivity index (χ2n) is 4.85. The highest BCUT2D eigenvalue weighted by molar-refractivity contribution is 6.00. The summed E-state index contributed by atoms with van der Waals surface area (Å²) >= 11 is 0. The summed E-state index contributed by atoms with van der Waals surface area (Å²) in [5.74, 6) is 0.309. The van der Waals surface area contributed by atoms with Crippen LogP contribution in [0.25, 0.3) is 33.6 Å². The van der Waals surface area contributed by atoms with E-state index in [2.05, 4.69) is 15.0 Å². The second kappa shape index (κ2) is 4.73. The molecule has 0 aliphatic heterocycles. The molecule has 0 radical (unpaired) electrons. The molecule has 23 heavy (non-hydrogen) atoms. The van der Waals surface area contributed by atoms with E-state index in [0.29, 0.717) is 28.0 Å². The number of nitro benzene ring substituents is 1. The van der Waals surface area contributed by atoms with Gasteiger partial charge in [0.2, 0.25) is 11.3 Å². The van der Waals surface area contributed by atoms with Gasteiger partial charge in [0.05, 0.1) is 10.3 Å². The predicted octanol–water partition coefficient (Wildman–Crippen LogP) is 2.64. The lowest BCUT2D eigenvalue weighted by molar-refractivity contribution is -0.384. The van der Waals surface area contributed by atoms with Crippen LogP contribution in [0.15, 0.2) is 51.8 Å². The highest BCUT2D eigenvalue weighted by Crippen LogP contribution is 2.25. The second-order valence-corrected chi connectivity index (χ2v) is 4.85. The molecule has 0 atom stereocenters. The van der Waals surface area contributed by atoms with Crippen molar-refractivity contribution in [1.82, 2.24) is 15.0 Å². The van der Waals surface area contributed by atoms with E-state index in [4.69, 9.17) is 4.42 Å². The van der Waals surface area contributed by atoms with E-state index in [1.807, 2.05) is 0 Å². The van der Waals surface area contributed by atoms with Gasteiger partial charge in [0.15, 0.2) is 0 Å². The number of nitrogens with one attached hydrogen (secondary N) is 1. The summed E-state index contributed by atoms with van der Waals surface area (Å²) in [5.41, 5.74) is 0.945. The minimum Gasteiger partial charge on any atom is -0.430 e. The van der Waals surface area contributed by atoms with E-state index < -0.39 is 10.5 Å². The zero-order chi connectivity index (χ0) is 16.0. The van der Waals surface area contributed by atoms with Crippen LogP contribution in [0, 0.1) is 10.1 Å². The van der Waals surface area contributed by atoms with Crippen molar-refractivity contribution in [1.29, 1.82) is 0 Å². The van der Waals surface area contributed by atoms with Crippen LogP contribution >= 0.6 is 0 Å². The molecular weight excluding hydrogens is 300 g/mol. The Kier molecular flexibility index (Phi) is 2.70. The number of fused-ring (bicyclic) bond motifs is 3. The van der Waals surface area contributed by atoms with Gasteiger partial charge in [-0.05, 0) is 24.3 Å². The Morgan fingerprint density at radius 1 is 1.17 bits per heavy atom. The zero-order valence-electron chi connectivity index (χ0n) is 11.5. The van der Waals surface area contributed by atoms with Gasteiger partial charge in [-0.3, -0.25) is 14.9 Å². The quantitative estimate of drug-likeness (QED) is 0.449. The van der Waals surface area contributed by atoms with Crippen molar-refractivity contribution in [3.8, 4) is 11.4 Å². The number of hydrogen-bond donors (Lipinski definition) is 1. The molecule has 8 heteroatoms. The summed E-state index contributed by atoms with van der Waals surface area (Å²) in [4.78, 5) is 33.5. The van der Waals surface area contributed by atoms with Crippen LogP contribution in [0.5, 0.6) is 0 Å². The van der Waals surface area contributed by atoms with Gasteiger partial charge in [-0.25, -0.2) is 9.97 Å². The van der Waals surface area contributed by atoms with Crippen molar-refractivity contribution >= 4 is 27.9 Å². The summed E-state index contributed by atoms with van der Waals surface area (Å²) in [7, 11) is 0. The van der Waals surface area contributed by atoms with Gasteiger partial charge in [0, 0.05) is 23.9 Å². The molecule has 1 N–H and O–H groups in total. The van der Waals surface area contributed by atoms with Gasteiger partial charge in [-0.2, -0.15) is 0 Å². The van der Waals surface area contributed by atoms with Crippen LogP contribution < -0.4 is 5.56 Å². The fourth-order valence-corrected chi connectivity index (χ4v) is 2.37. The lowest BCUT2D eigenvalue weighted by Gasteiger charge is -2.00. The Morgan fingerprint density at radius 3 is 2.70 bits per heavy atom. The SMILES string of the molecule is O=c1[nH]c(-c2ccc([N+](=O)[O-])cc2)nc2c1oc1ncccc12. The molecule has 0 amide bonds. The molecule has 0 saturated heterocycles. The predicted molar refractivity (Wildman–Crippen MR) is 82.0 cm³/mol. The highest BCUT2D eigenvalue weighted by atomic mass is 16.6. The van der Waals surface area contributed by atoms with Gasteiger partial charge >= 0.3 is 0 Å². The Hall–Kier alpha value is -3.55. The molecule has 3 heterocycles. The minimum atomic E-state index is -0.488. The molecule has 112 valence electrons. The van der Waals surface area contributed by atoms with Crippen molar-refractivity contribution in [3.05, 3.63) is 63.1 Å². The number of H-pyrrole nitrogens is 1. The van der Waals surface area contributed by atoms with E-state index in [1.165, 1.54) is 24.3 Å². The normalized spacial score (nSPS) is 11.1. The van der Waals surface area contributed by atoms with Crippen LogP contribution in [0.1, 0.15) is 0 Å². The molecule has 4 aromatic rings. The number of rotatable bonds is 2. The smallest absolute Gasteiger partial charge is 0.294 e. The lowest BCUT2D eigenvalue weighted by Crippen LogP contribution is -2.08. The molecule has 0 bridgehead atoms. The maximum Gasteiger partial charge on any atom is 0.294 e. The Labute approximate surface area is 127 Å². The van der Waals surface area contributed by atoms with Gasteiger partial charge in [0.25, 0.3) is 11.2 Å². The summed E-state index contributed by atoms with van der Waals surface area (Å²) in [6.07, 6.45) is 1.57. The molecule has 4 rings (SSSR count). The van der Waals surface area contributed by atoms with E-state index in [-0.39, 0.29) is 11.3 Å². The Balaban J connectivity index is 1.95. The Bertz CT molecular complexity index is 1110. The van der Waals surface area contributed by atoms with Crippen LogP contribution in [-0.4, -0.2) is 19.9 Å². The number of nitro groups is 1. The number of non-ortho nitro benzene ring substituents is 1. The molecule has 0 fully saturated rings. The van der Waals surface area contributed by atoms with E-state index in [1.54, 1.807) is 18.3 Å². The van der Waals surface area contributed by atoms with Gasteiger partial charge < -0.3 is 9.40 Å². The largest absolute Gasteiger partial charge is 0.430 e. The first-order valence-corrected chi connectivity index (χ1v) is 6.66. The molecule has 3 aromatic heterocycles. The first kappa shape index (κ1) is 13.1. The maximum absolute atomic E-state index is 12.2. The van der Waals surface area contributed by atoms with Crippen molar-refractivity contribution in [2.75, 3.05) is 0 Å². The van der Waals surface area contributed by atoms with Crippen LogP contribution in [0.3, 0.4) is 0 Å². The number of nitrogens with zero attached hydrogens (tertiary/aromatic N) is 3. The number of aromatic nitrogens is 3. The number of pyridine rings is 1. The Morgan fingerprint density at radius 2 is 1.96 bits per heavy atom. The first-order valence-electron chi connectivity index (χ1n) is 6.66. The number of furan rings is 1. The molecule has 0 saturated carbocycles. The maximum atomic E-state index is 12.2. The van der Waals surface area contributed by atoms with E-state index >= 15 is 0 Å². The van der Waals surface area contributed by atoms with Crippen LogP contribution in [0.4, 0.5) is 5.69 Å². The molecular formula is C15H8N4O4. The molecule has 0 unspecified atom stereocenters. The van der Waals surface area contributed by atoms with E-state index in [0.717, 1.165) is 0 Å². The lowest BCUT2D eigenvalue weighted by atomic mass is 10.2. The molecule has 8 nitrogen and oxygen atoms in total. The van der Waals surface area contributed by atoms with Crippen LogP contribution in [0.2, 0.25) is 0 Å². The number of hydrogen-bond acceptors (Lipinski definition) is 6. The zero-order valence-corrected chi connectivity index (χ0v) is 11.5.